The lowest BCUT2D eigenvalue weighted by molar-refractivity contribution is 0.0760. The van der Waals surface area contributed by atoms with Crippen molar-refractivity contribution in [3.05, 3.63) is 60.2 Å². The van der Waals surface area contributed by atoms with E-state index in [1.54, 1.807) is 38.4 Å². The Morgan fingerprint density at radius 1 is 1.09 bits per heavy atom. The minimum absolute atomic E-state index is 0.195. The Kier molecular flexibility index (Phi) is 5.32. The quantitative estimate of drug-likeness (QED) is 0.674. The highest BCUT2D eigenvalue weighted by atomic mass is 32.1. The van der Waals surface area contributed by atoms with Crippen LogP contribution in [-0.2, 0) is 0 Å². The summed E-state index contributed by atoms with van der Waals surface area (Å²) in [7, 11) is 3.20. The Hall–Kier alpha value is -2.60. The normalized spacial score (nSPS) is 9.73. The molecule has 0 saturated carbocycles. The number of ether oxygens (including phenoxy) is 1. The summed E-state index contributed by atoms with van der Waals surface area (Å²) >= 11 is 5.18. The van der Waals surface area contributed by atoms with Gasteiger partial charge < -0.3 is 10.1 Å². The molecule has 114 valence electrons. The molecule has 5 nitrogen and oxygen atoms in total. The van der Waals surface area contributed by atoms with Crippen LogP contribution < -0.4 is 15.5 Å². The van der Waals surface area contributed by atoms with Crippen LogP contribution >= 0.6 is 12.2 Å². The number of hydrogen-bond acceptors (Lipinski definition) is 3. The second-order valence-corrected chi connectivity index (χ2v) is 4.93. The fourth-order valence-electron chi connectivity index (χ4n) is 1.81. The average Bonchev–Trinajstić information content (AvgIpc) is 2.55. The number of rotatable bonds is 3. The van der Waals surface area contributed by atoms with Gasteiger partial charge in [0.25, 0.3) is 5.91 Å². The van der Waals surface area contributed by atoms with Gasteiger partial charge >= 0.3 is 0 Å². The van der Waals surface area contributed by atoms with Crippen molar-refractivity contribution in [2.45, 2.75) is 0 Å². The van der Waals surface area contributed by atoms with Crippen LogP contribution in [0.4, 0.5) is 5.69 Å². The average molecular weight is 315 g/mol. The molecule has 0 aliphatic carbocycles. The fraction of sp³-hybridized carbons (Fsp3) is 0.125. The summed E-state index contributed by atoms with van der Waals surface area (Å²) in [5, 5.41) is 4.68. The van der Waals surface area contributed by atoms with E-state index in [-0.39, 0.29) is 5.91 Å². The van der Waals surface area contributed by atoms with Gasteiger partial charge in [0.2, 0.25) is 0 Å². The van der Waals surface area contributed by atoms with Crippen LogP contribution in [0.3, 0.4) is 0 Å². The van der Waals surface area contributed by atoms with E-state index in [0.29, 0.717) is 16.4 Å². The minimum atomic E-state index is -0.195. The summed E-state index contributed by atoms with van der Waals surface area (Å²) in [5.74, 6) is 0.508. The lowest BCUT2D eigenvalue weighted by atomic mass is 10.2. The first-order valence-electron chi connectivity index (χ1n) is 6.65. The molecule has 0 radical (unpaired) electrons. The van der Waals surface area contributed by atoms with E-state index in [0.717, 1.165) is 5.69 Å². The van der Waals surface area contributed by atoms with Crippen molar-refractivity contribution >= 4 is 28.9 Å². The van der Waals surface area contributed by atoms with E-state index in [2.05, 4.69) is 10.7 Å². The number of para-hydroxylation sites is 1. The molecule has 0 atom stereocenters. The van der Waals surface area contributed by atoms with Gasteiger partial charge in [-0.2, -0.15) is 0 Å². The van der Waals surface area contributed by atoms with Gasteiger partial charge in [0, 0.05) is 18.3 Å². The van der Waals surface area contributed by atoms with Crippen LogP contribution in [0.25, 0.3) is 0 Å². The molecule has 0 unspecified atom stereocenters. The zero-order valence-electron chi connectivity index (χ0n) is 12.4. The standard InChI is InChI=1S/C16H17N3O2S/c1-19(15(20)12-8-10-14(21-2)11-9-12)18-16(22)17-13-6-4-3-5-7-13/h3-11H,1-2H3,(H2,17,18,22). The molecular weight excluding hydrogens is 298 g/mol. The van der Waals surface area contributed by atoms with Gasteiger partial charge in [-0.1, -0.05) is 18.2 Å². The van der Waals surface area contributed by atoms with Gasteiger partial charge in [-0.3, -0.25) is 15.2 Å². The Morgan fingerprint density at radius 3 is 2.32 bits per heavy atom. The van der Waals surface area contributed by atoms with E-state index in [9.17, 15) is 4.79 Å². The van der Waals surface area contributed by atoms with Crippen molar-refractivity contribution < 1.29 is 9.53 Å². The predicted molar refractivity (Wildman–Crippen MR) is 90.9 cm³/mol. The Labute approximate surface area is 134 Å². The van der Waals surface area contributed by atoms with E-state index in [4.69, 9.17) is 17.0 Å². The van der Waals surface area contributed by atoms with Gasteiger partial charge in [0.05, 0.1) is 7.11 Å². The van der Waals surface area contributed by atoms with E-state index in [1.165, 1.54) is 5.01 Å². The van der Waals surface area contributed by atoms with E-state index < -0.39 is 0 Å². The smallest absolute Gasteiger partial charge is 0.271 e. The third-order valence-electron chi connectivity index (χ3n) is 2.94. The van der Waals surface area contributed by atoms with Crippen LogP contribution in [0.2, 0.25) is 0 Å². The van der Waals surface area contributed by atoms with Crippen LogP contribution in [0.5, 0.6) is 5.75 Å². The number of carbonyl (C=O) groups excluding carboxylic acids is 1. The van der Waals surface area contributed by atoms with Crippen LogP contribution in [0, 0.1) is 0 Å². The van der Waals surface area contributed by atoms with Crippen molar-refractivity contribution in [1.82, 2.24) is 10.4 Å². The van der Waals surface area contributed by atoms with Crippen molar-refractivity contribution in [2.75, 3.05) is 19.5 Å². The molecule has 0 aliphatic heterocycles. The number of thiocarbonyl (C=S) groups is 1. The monoisotopic (exact) mass is 315 g/mol. The molecule has 0 heterocycles. The number of benzene rings is 2. The lowest BCUT2D eigenvalue weighted by Gasteiger charge is -2.20. The second kappa shape index (κ2) is 7.42. The van der Waals surface area contributed by atoms with Crippen LogP contribution in [0.15, 0.2) is 54.6 Å². The van der Waals surface area contributed by atoms with Crippen molar-refractivity contribution in [2.24, 2.45) is 0 Å². The van der Waals surface area contributed by atoms with Crippen molar-refractivity contribution in [1.29, 1.82) is 0 Å². The number of nitrogens with one attached hydrogen (secondary N) is 2. The summed E-state index contributed by atoms with van der Waals surface area (Å²) in [6.45, 7) is 0. The van der Waals surface area contributed by atoms with Crippen LogP contribution in [-0.4, -0.2) is 30.2 Å². The predicted octanol–water partition coefficient (Wildman–Crippen LogP) is 2.67. The number of hydrogen-bond donors (Lipinski definition) is 2. The molecule has 0 aromatic heterocycles. The fourth-order valence-corrected chi connectivity index (χ4v) is 2.07. The molecule has 22 heavy (non-hydrogen) atoms. The molecule has 0 bridgehead atoms. The number of carbonyl (C=O) groups is 1. The molecule has 0 saturated heterocycles. The van der Waals surface area contributed by atoms with Crippen molar-refractivity contribution in [3.8, 4) is 5.75 Å². The molecule has 2 N–H and O–H groups in total. The Morgan fingerprint density at radius 2 is 1.73 bits per heavy atom. The maximum absolute atomic E-state index is 12.3. The van der Waals surface area contributed by atoms with Gasteiger partial charge in [-0.05, 0) is 48.6 Å². The number of amides is 1. The SMILES string of the molecule is COc1ccc(C(=O)N(C)NC(=S)Nc2ccccc2)cc1. The van der Waals surface area contributed by atoms with E-state index in [1.807, 2.05) is 30.3 Å². The molecule has 0 spiro atoms. The summed E-state index contributed by atoms with van der Waals surface area (Å²) in [5.41, 5.74) is 4.22. The molecule has 2 rings (SSSR count). The highest BCUT2D eigenvalue weighted by Gasteiger charge is 2.12. The molecule has 2 aromatic carbocycles. The number of anilines is 1. The number of methoxy groups -OCH3 is 1. The van der Waals surface area contributed by atoms with E-state index >= 15 is 0 Å². The minimum Gasteiger partial charge on any atom is -0.497 e. The van der Waals surface area contributed by atoms with Gasteiger partial charge in [-0.15, -0.1) is 0 Å². The van der Waals surface area contributed by atoms with Crippen molar-refractivity contribution in [3.63, 3.8) is 0 Å². The topological polar surface area (TPSA) is 53.6 Å². The Balaban J connectivity index is 1.94. The number of nitrogens with zero attached hydrogens (tertiary/aromatic N) is 1. The molecule has 6 heteroatoms. The first-order chi connectivity index (χ1) is 10.6. The van der Waals surface area contributed by atoms with Gasteiger partial charge in [0.1, 0.15) is 5.75 Å². The maximum Gasteiger partial charge on any atom is 0.271 e. The molecular formula is C16H17N3O2S. The molecule has 0 aliphatic rings. The first-order valence-corrected chi connectivity index (χ1v) is 7.06. The highest BCUT2D eigenvalue weighted by Crippen LogP contribution is 2.12. The van der Waals surface area contributed by atoms with Gasteiger partial charge in [-0.25, -0.2) is 0 Å². The number of hydrazine groups is 1. The molecule has 1 amide bonds. The summed E-state index contributed by atoms with van der Waals surface area (Å²) in [6.07, 6.45) is 0. The first kappa shape index (κ1) is 15.8. The third kappa shape index (κ3) is 4.20. The van der Waals surface area contributed by atoms with Gasteiger partial charge in [0.15, 0.2) is 5.11 Å². The largest absolute Gasteiger partial charge is 0.497 e. The third-order valence-corrected chi connectivity index (χ3v) is 3.14. The Bertz CT molecular complexity index is 644. The summed E-state index contributed by atoms with van der Waals surface area (Å²) in [4.78, 5) is 12.3. The summed E-state index contributed by atoms with van der Waals surface area (Å²) < 4.78 is 5.07. The zero-order valence-corrected chi connectivity index (χ0v) is 13.2. The van der Waals surface area contributed by atoms with Crippen LogP contribution in [0.1, 0.15) is 10.4 Å². The molecule has 2 aromatic rings. The summed E-state index contributed by atoms with van der Waals surface area (Å²) in [6, 6.07) is 16.4. The highest BCUT2D eigenvalue weighted by molar-refractivity contribution is 7.80. The second-order valence-electron chi connectivity index (χ2n) is 4.52. The maximum atomic E-state index is 12.3. The molecule has 0 fully saturated rings. The zero-order chi connectivity index (χ0) is 15.9. The lowest BCUT2D eigenvalue weighted by Crippen LogP contribution is -2.45.